The molecule has 0 spiro atoms. The fourth-order valence-corrected chi connectivity index (χ4v) is 2.74. The molecule has 0 saturated heterocycles. The van der Waals surface area contributed by atoms with Crippen molar-refractivity contribution in [3.8, 4) is 17.2 Å². The summed E-state index contributed by atoms with van der Waals surface area (Å²) in [6, 6.07) is 9.77. The smallest absolute Gasteiger partial charge is 0.480 e. The molecule has 0 fully saturated rings. The molecule has 0 saturated carbocycles. The predicted molar refractivity (Wildman–Crippen MR) is 113 cm³/mol. The number of halogens is 3. The van der Waals surface area contributed by atoms with Crippen molar-refractivity contribution in [3.05, 3.63) is 70.5 Å². The number of nitro benzene ring substituents is 1. The molecule has 0 aliphatic carbocycles. The molecular weight excluding hydrogens is 477 g/mol. The Morgan fingerprint density at radius 2 is 1.77 bits per heavy atom. The maximum Gasteiger partial charge on any atom is 0.573 e. The van der Waals surface area contributed by atoms with E-state index in [9.17, 15) is 32.9 Å². The topological polar surface area (TPSA) is 135 Å². The Labute approximate surface area is 195 Å². The molecule has 0 radical (unpaired) electrons. The summed E-state index contributed by atoms with van der Waals surface area (Å²) >= 11 is 0. The van der Waals surface area contributed by atoms with E-state index in [2.05, 4.69) is 15.2 Å². The Morgan fingerprint density at radius 3 is 2.34 bits per heavy atom. The second-order valence-electron chi connectivity index (χ2n) is 6.69. The van der Waals surface area contributed by atoms with Crippen LogP contribution in [0, 0.1) is 10.1 Å². The van der Waals surface area contributed by atoms with Crippen LogP contribution in [0.5, 0.6) is 11.5 Å². The largest absolute Gasteiger partial charge is 0.573 e. The molecule has 14 heteroatoms. The van der Waals surface area contributed by atoms with Crippen molar-refractivity contribution in [1.82, 2.24) is 9.78 Å². The zero-order chi connectivity index (χ0) is 25.6. The van der Waals surface area contributed by atoms with E-state index in [4.69, 9.17) is 9.47 Å². The van der Waals surface area contributed by atoms with E-state index in [-0.39, 0.29) is 29.4 Å². The maximum atomic E-state index is 12.3. The minimum atomic E-state index is -4.84. The normalized spacial score (nSPS) is 11.0. The molecule has 3 aromatic rings. The fourth-order valence-electron chi connectivity index (χ4n) is 2.74. The van der Waals surface area contributed by atoms with Gasteiger partial charge in [0.2, 0.25) is 5.69 Å². The molecule has 184 valence electrons. The number of esters is 1. The fraction of sp³-hybridized carbons (Fsp3) is 0.190. The second-order valence-corrected chi connectivity index (χ2v) is 6.69. The van der Waals surface area contributed by atoms with E-state index in [1.165, 1.54) is 47.3 Å². The molecule has 1 amide bonds. The molecule has 0 unspecified atom stereocenters. The number of benzene rings is 2. The standard InChI is InChI=1S/C21H17F3N4O7/c1-2-33-20(30)19-17(11-27(26-19)14-5-7-15(8-6-14)28(31)32)34-12-18(29)25-13-3-9-16(10-4-13)35-21(22,23)24/h3-11H,2,12H2,1H3,(H,25,29). The Hall–Kier alpha value is -4.62. The van der Waals surface area contributed by atoms with Crippen molar-refractivity contribution in [3.63, 3.8) is 0 Å². The van der Waals surface area contributed by atoms with E-state index in [1.54, 1.807) is 6.92 Å². The van der Waals surface area contributed by atoms with Gasteiger partial charge in [-0.15, -0.1) is 13.2 Å². The predicted octanol–water partition coefficient (Wildman–Crippen LogP) is 3.87. The summed E-state index contributed by atoms with van der Waals surface area (Å²) in [5.74, 6) is -2.04. The van der Waals surface area contributed by atoms with Crippen molar-refractivity contribution in [2.24, 2.45) is 0 Å². The van der Waals surface area contributed by atoms with Crippen LogP contribution < -0.4 is 14.8 Å². The van der Waals surface area contributed by atoms with Crippen LogP contribution in [-0.4, -0.2) is 46.2 Å². The van der Waals surface area contributed by atoms with Crippen LogP contribution in [0.4, 0.5) is 24.5 Å². The number of nitrogens with one attached hydrogen (secondary N) is 1. The minimum absolute atomic E-state index is 0.0528. The highest BCUT2D eigenvalue weighted by Crippen LogP contribution is 2.25. The number of hydrogen-bond donors (Lipinski definition) is 1. The van der Waals surface area contributed by atoms with Crippen LogP contribution in [0.2, 0.25) is 0 Å². The molecule has 0 bridgehead atoms. The number of rotatable bonds is 9. The van der Waals surface area contributed by atoms with Gasteiger partial charge in [-0.05, 0) is 43.3 Å². The second kappa shape index (κ2) is 10.5. The third-order valence-corrected chi connectivity index (χ3v) is 4.20. The van der Waals surface area contributed by atoms with Crippen molar-refractivity contribution >= 4 is 23.3 Å². The number of hydrogen-bond acceptors (Lipinski definition) is 8. The van der Waals surface area contributed by atoms with Gasteiger partial charge in [0.25, 0.3) is 11.6 Å². The first-order chi connectivity index (χ1) is 16.6. The summed E-state index contributed by atoms with van der Waals surface area (Å²) in [4.78, 5) is 34.8. The highest BCUT2D eigenvalue weighted by Gasteiger charge is 2.31. The van der Waals surface area contributed by atoms with E-state index >= 15 is 0 Å². The van der Waals surface area contributed by atoms with E-state index in [0.717, 1.165) is 12.1 Å². The van der Waals surface area contributed by atoms with Crippen molar-refractivity contribution in [1.29, 1.82) is 0 Å². The molecule has 1 N–H and O–H groups in total. The van der Waals surface area contributed by atoms with Gasteiger partial charge in [-0.25, -0.2) is 9.48 Å². The van der Waals surface area contributed by atoms with E-state index in [1.807, 2.05) is 0 Å². The molecule has 0 aliphatic rings. The number of nitrogens with zero attached hydrogens (tertiary/aromatic N) is 3. The monoisotopic (exact) mass is 494 g/mol. The molecule has 3 rings (SSSR count). The summed E-state index contributed by atoms with van der Waals surface area (Å²) in [5.41, 5.74) is 0.186. The Bertz CT molecular complexity index is 1210. The first-order valence-corrected chi connectivity index (χ1v) is 9.86. The third kappa shape index (κ3) is 6.93. The number of anilines is 1. The van der Waals surface area contributed by atoms with Crippen LogP contribution in [-0.2, 0) is 9.53 Å². The highest BCUT2D eigenvalue weighted by atomic mass is 19.4. The lowest BCUT2D eigenvalue weighted by atomic mass is 10.3. The first kappa shape index (κ1) is 25.0. The molecule has 1 heterocycles. The number of amides is 1. The average molecular weight is 494 g/mol. The number of non-ortho nitro benzene ring substituents is 1. The summed E-state index contributed by atoms with van der Waals surface area (Å²) in [7, 11) is 0. The molecule has 1 aromatic heterocycles. The highest BCUT2D eigenvalue weighted by molar-refractivity contribution is 5.93. The Morgan fingerprint density at radius 1 is 1.11 bits per heavy atom. The number of nitro groups is 1. The van der Waals surface area contributed by atoms with Gasteiger partial charge in [0, 0.05) is 17.8 Å². The summed E-state index contributed by atoms with van der Waals surface area (Å²) in [6.07, 6.45) is -3.54. The van der Waals surface area contributed by atoms with Gasteiger partial charge >= 0.3 is 12.3 Å². The average Bonchev–Trinajstić information content (AvgIpc) is 3.23. The number of carbonyl (C=O) groups is 2. The lowest BCUT2D eigenvalue weighted by Gasteiger charge is -2.10. The van der Waals surface area contributed by atoms with Crippen LogP contribution >= 0.6 is 0 Å². The molecule has 0 aliphatic heterocycles. The molecule has 2 aromatic carbocycles. The Balaban J connectivity index is 1.70. The lowest BCUT2D eigenvalue weighted by Crippen LogP contribution is -2.21. The number of carbonyl (C=O) groups excluding carboxylic acids is 2. The van der Waals surface area contributed by atoms with Gasteiger partial charge in [0.05, 0.1) is 23.4 Å². The molecule has 11 nitrogen and oxygen atoms in total. The molecule has 35 heavy (non-hydrogen) atoms. The zero-order valence-corrected chi connectivity index (χ0v) is 17.9. The quantitative estimate of drug-likeness (QED) is 0.269. The van der Waals surface area contributed by atoms with Crippen molar-refractivity contribution in [2.75, 3.05) is 18.5 Å². The van der Waals surface area contributed by atoms with E-state index in [0.29, 0.717) is 5.69 Å². The molecule has 0 atom stereocenters. The summed E-state index contributed by atoms with van der Waals surface area (Å²) < 4.78 is 52.0. The molecular formula is C21H17F3N4O7. The number of aromatic nitrogens is 2. The summed E-state index contributed by atoms with van der Waals surface area (Å²) in [6.45, 7) is 1.07. The lowest BCUT2D eigenvalue weighted by molar-refractivity contribution is -0.384. The van der Waals surface area contributed by atoms with Crippen molar-refractivity contribution < 1.29 is 41.9 Å². The minimum Gasteiger partial charge on any atom is -0.480 e. The van der Waals surface area contributed by atoms with Crippen LogP contribution in [0.25, 0.3) is 5.69 Å². The van der Waals surface area contributed by atoms with Crippen LogP contribution in [0.1, 0.15) is 17.4 Å². The van der Waals surface area contributed by atoms with Gasteiger partial charge in [-0.2, -0.15) is 5.10 Å². The Kier molecular flexibility index (Phi) is 7.53. The van der Waals surface area contributed by atoms with Crippen LogP contribution in [0.3, 0.4) is 0 Å². The first-order valence-electron chi connectivity index (χ1n) is 9.86. The zero-order valence-electron chi connectivity index (χ0n) is 17.9. The van der Waals surface area contributed by atoms with Gasteiger partial charge in [0.15, 0.2) is 12.4 Å². The third-order valence-electron chi connectivity index (χ3n) is 4.20. The number of ether oxygens (including phenoxy) is 3. The summed E-state index contributed by atoms with van der Waals surface area (Å²) in [5, 5.41) is 17.3. The SMILES string of the molecule is CCOC(=O)c1nn(-c2ccc([N+](=O)[O-])cc2)cc1OCC(=O)Nc1ccc(OC(F)(F)F)cc1. The van der Waals surface area contributed by atoms with Gasteiger partial charge in [-0.3, -0.25) is 14.9 Å². The number of alkyl halides is 3. The maximum absolute atomic E-state index is 12.3. The van der Waals surface area contributed by atoms with Crippen LogP contribution in [0.15, 0.2) is 54.7 Å². The van der Waals surface area contributed by atoms with Gasteiger partial charge in [0.1, 0.15) is 5.75 Å². The van der Waals surface area contributed by atoms with Gasteiger partial charge < -0.3 is 19.5 Å². The van der Waals surface area contributed by atoms with Crippen molar-refractivity contribution in [2.45, 2.75) is 13.3 Å². The van der Waals surface area contributed by atoms with E-state index < -0.39 is 35.5 Å². The van der Waals surface area contributed by atoms with Gasteiger partial charge in [-0.1, -0.05) is 0 Å².